The van der Waals surface area contributed by atoms with Gasteiger partial charge in [0.25, 0.3) is 23.6 Å². The summed E-state index contributed by atoms with van der Waals surface area (Å²) in [6.45, 7) is 28.6. The van der Waals surface area contributed by atoms with Crippen molar-refractivity contribution in [2.75, 3.05) is 75.6 Å². The highest BCUT2D eigenvalue weighted by molar-refractivity contribution is 6.08. The van der Waals surface area contributed by atoms with Crippen LogP contribution in [0.1, 0.15) is 164 Å². The van der Waals surface area contributed by atoms with Crippen molar-refractivity contribution in [3.63, 3.8) is 0 Å². The number of carbonyl (C=O) groups is 6. The van der Waals surface area contributed by atoms with E-state index in [9.17, 15) is 69.6 Å². The van der Waals surface area contributed by atoms with Crippen molar-refractivity contribution in [2.24, 2.45) is 0 Å². The highest BCUT2D eigenvalue weighted by Crippen LogP contribution is 2.36. The highest BCUT2D eigenvalue weighted by atomic mass is 16.3. The molecule has 0 saturated heterocycles. The molecule has 20 nitrogen and oxygen atoms in total. The normalized spacial score (nSPS) is 10.6. The summed E-state index contributed by atoms with van der Waals surface area (Å²) >= 11 is 0. The molecule has 0 saturated carbocycles. The van der Waals surface area contributed by atoms with Crippen molar-refractivity contribution >= 4 is 47.8 Å². The molecule has 0 heterocycles. The fourth-order valence-electron chi connectivity index (χ4n) is 7.26. The standard InChI is InChI=1S/C39H58N6O14.6C2H6/c1-20-30(36(56)40-7-9-46)22(3)34(24(5)32(20)38(58)42-26(14-48)15-49)44(18-52)12-28(54)11-29(55)13-45(19-53)35-23(4)31(37(57)41-8-10-47)21(2)33(25(35)6)39(59)43-27(16-50)17-51;6*1-2/h18-19,26-29,46-51,54-55H,7-17H2,1-6H3,(H,40,56)(H,41,57)(H,42,58)(H,43,59);6*1-2H3. The molecule has 12 N–H and O–H groups in total. The molecule has 2 unspecified atom stereocenters. The summed E-state index contributed by atoms with van der Waals surface area (Å²) in [6, 6.07) is -2.10. The van der Waals surface area contributed by atoms with E-state index in [0.717, 1.165) is 9.80 Å². The number of anilines is 2. The number of benzene rings is 2. The van der Waals surface area contributed by atoms with Crippen LogP contribution in [0.2, 0.25) is 0 Å². The van der Waals surface area contributed by atoms with Gasteiger partial charge in [-0.3, -0.25) is 28.8 Å². The molecule has 0 aliphatic rings. The third-order valence-electron chi connectivity index (χ3n) is 9.86. The van der Waals surface area contributed by atoms with Crippen LogP contribution in [-0.2, 0) is 9.59 Å². The van der Waals surface area contributed by atoms with Gasteiger partial charge < -0.3 is 71.9 Å². The third-order valence-corrected chi connectivity index (χ3v) is 9.86. The maximum atomic E-state index is 13.5. The smallest absolute Gasteiger partial charge is 0.252 e. The quantitative estimate of drug-likeness (QED) is 0.0673. The van der Waals surface area contributed by atoms with Gasteiger partial charge in [-0.1, -0.05) is 83.1 Å². The second-order valence-electron chi connectivity index (χ2n) is 14.0. The second-order valence-corrected chi connectivity index (χ2v) is 14.0. The maximum absolute atomic E-state index is 13.5. The lowest BCUT2D eigenvalue weighted by molar-refractivity contribution is -0.108. The first kappa shape index (κ1) is 74.9. The summed E-state index contributed by atoms with van der Waals surface area (Å²) in [4.78, 5) is 81.0. The Balaban J connectivity index is -0.00000112. The predicted octanol–water partition coefficient (Wildman–Crippen LogP) is 3.04. The summed E-state index contributed by atoms with van der Waals surface area (Å²) in [5, 5.41) is 89.4. The van der Waals surface area contributed by atoms with Crippen LogP contribution < -0.4 is 31.1 Å². The van der Waals surface area contributed by atoms with Crippen LogP contribution in [0.4, 0.5) is 11.4 Å². The Bertz CT molecular complexity index is 1710. The lowest BCUT2D eigenvalue weighted by atomic mass is 9.89. The summed E-state index contributed by atoms with van der Waals surface area (Å²) < 4.78 is 0. The van der Waals surface area contributed by atoms with Crippen LogP contribution in [0, 0.1) is 41.5 Å². The minimum atomic E-state index is -1.49. The van der Waals surface area contributed by atoms with E-state index < -0.39 is 107 Å². The van der Waals surface area contributed by atoms with Gasteiger partial charge >= 0.3 is 0 Å². The van der Waals surface area contributed by atoms with Gasteiger partial charge in [-0.05, 0) is 74.9 Å². The minimum absolute atomic E-state index is 0.0127. The average Bonchev–Trinajstić information content (AvgIpc) is 3.38. The van der Waals surface area contributed by atoms with Crippen molar-refractivity contribution < 1.29 is 69.6 Å². The van der Waals surface area contributed by atoms with Crippen molar-refractivity contribution in [3.05, 3.63) is 55.6 Å². The van der Waals surface area contributed by atoms with Gasteiger partial charge in [0.05, 0.1) is 88.4 Å². The number of nitrogens with one attached hydrogen (secondary N) is 4. The first-order valence-corrected chi connectivity index (χ1v) is 24.8. The monoisotopic (exact) mass is 1010 g/mol. The zero-order valence-corrected chi connectivity index (χ0v) is 46.2. The molecular formula is C51H94N6O14. The Morgan fingerprint density at radius 1 is 0.437 bits per heavy atom. The highest BCUT2D eigenvalue weighted by Gasteiger charge is 2.32. The Morgan fingerprint density at radius 3 is 0.887 bits per heavy atom. The van der Waals surface area contributed by atoms with Gasteiger partial charge in [0.2, 0.25) is 12.8 Å². The summed E-state index contributed by atoms with van der Waals surface area (Å²) in [5.74, 6) is -2.92. The van der Waals surface area contributed by atoms with E-state index in [1.54, 1.807) is 0 Å². The summed E-state index contributed by atoms with van der Waals surface area (Å²) in [6.07, 6.45) is -2.72. The molecule has 0 bridgehead atoms. The number of rotatable bonds is 24. The molecule has 2 rings (SSSR count). The van der Waals surface area contributed by atoms with Gasteiger partial charge in [0, 0.05) is 41.8 Å². The fraction of sp³-hybridized carbons (Fsp3) is 0.647. The number of aliphatic hydroxyl groups excluding tert-OH is 8. The van der Waals surface area contributed by atoms with Gasteiger partial charge in [0.15, 0.2) is 0 Å². The van der Waals surface area contributed by atoms with E-state index >= 15 is 0 Å². The van der Waals surface area contributed by atoms with Gasteiger partial charge in [-0.15, -0.1) is 0 Å². The van der Waals surface area contributed by atoms with Gasteiger partial charge in [-0.25, -0.2) is 0 Å². The van der Waals surface area contributed by atoms with Crippen molar-refractivity contribution in [1.82, 2.24) is 21.3 Å². The molecule has 2 aromatic rings. The molecular weight excluding hydrogens is 921 g/mol. The van der Waals surface area contributed by atoms with Gasteiger partial charge in [-0.2, -0.15) is 0 Å². The maximum Gasteiger partial charge on any atom is 0.252 e. The molecule has 0 aromatic heterocycles. The summed E-state index contributed by atoms with van der Waals surface area (Å²) in [5.41, 5.74) is 1.23. The number of carbonyl (C=O) groups excluding carboxylic acids is 6. The first-order chi connectivity index (χ1) is 33.9. The van der Waals surface area contributed by atoms with Crippen molar-refractivity contribution in [1.29, 1.82) is 0 Å². The molecule has 71 heavy (non-hydrogen) atoms. The van der Waals surface area contributed by atoms with E-state index in [-0.39, 0.29) is 80.1 Å². The predicted molar refractivity (Wildman–Crippen MR) is 283 cm³/mol. The first-order valence-electron chi connectivity index (χ1n) is 24.8. The van der Waals surface area contributed by atoms with Crippen molar-refractivity contribution in [3.8, 4) is 0 Å². The molecule has 2 aromatic carbocycles. The SMILES string of the molecule is CC.CC.CC.CC.CC.CC.Cc1c(C(=O)NCCO)c(C)c(N(C=O)CC(O)CC(O)CN(C=O)c2c(C)c(C(=O)NCCO)c(C)c(C(=O)NC(CO)CO)c2C)c(C)c1C(=O)NC(CO)CO. The van der Waals surface area contributed by atoms with E-state index in [1.165, 1.54) is 41.5 Å². The lowest BCUT2D eigenvalue weighted by Gasteiger charge is -2.31. The van der Waals surface area contributed by atoms with Crippen LogP contribution in [0.3, 0.4) is 0 Å². The summed E-state index contributed by atoms with van der Waals surface area (Å²) in [7, 11) is 0. The number of aliphatic hydroxyl groups is 8. The molecule has 0 radical (unpaired) electrons. The molecule has 412 valence electrons. The van der Waals surface area contributed by atoms with Crippen LogP contribution in [0.25, 0.3) is 0 Å². The molecule has 20 heteroatoms. The second kappa shape index (κ2) is 43.7. The number of amides is 6. The molecule has 0 fully saturated rings. The third kappa shape index (κ3) is 22.5. The number of hydrogen-bond acceptors (Lipinski definition) is 14. The van der Waals surface area contributed by atoms with Crippen LogP contribution in [0.15, 0.2) is 0 Å². The molecule has 0 aliphatic carbocycles. The van der Waals surface area contributed by atoms with Crippen LogP contribution in [-0.4, -0.2) is 167 Å². The molecule has 2 atom stereocenters. The van der Waals surface area contributed by atoms with E-state index in [0.29, 0.717) is 12.8 Å². The van der Waals surface area contributed by atoms with Gasteiger partial charge in [0.1, 0.15) is 0 Å². The number of hydrogen-bond donors (Lipinski definition) is 12. The van der Waals surface area contributed by atoms with Crippen molar-refractivity contribution in [2.45, 2.75) is 155 Å². The molecule has 6 amide bonds. The Labute approximate surface area is 424 Å². The zero-order chi connectivity index (χ0) is 56.7. The topological polar surface area (TPSA) is 319 Å². The largest absolute Gasteiger partial charge is 0.395 e. The fourth-order valence-corrected chi connectivity index (χ4v) is 7.26. The van der Waals surface area contributed by atoms with E-state index in [1.807, 2.05) is 83.1 Å². The minimum Gasteiger partial charge on any atom is -0.395 e. The number of nitrogens with zero attached hydrogens (tertiary/aromatic N) is 2. The molecule has 0 spiro atoms. The van der Waals surface area contributed by atoms with Crippen LogP contribution in [0.5, 0.6) is 0 Å². The molecule has 0 aliphatic heterocycles. The van der Waals surface area contributed by atoms with Crippen LogP contribution >= 0.6 is 0 Å². The Kier molecular flexibility index (Phi) is 46.1. The Hall–Kier alpha value is -5.06. The Morgan fingerprint density at radius 2 is 0.676 bits per heavy atom. The zero-order valence-electron chi connectivity index (χ0n) is 46.2. The van der Waals surface area contributed by atoms with E-state index in [4.69, 9.17) is 0 Å². The average molecular weight is 1020 g/mol. The lowest BCUT2D eigenvalue weighted by Crippen LogP contribution is -2.42. The van der Waals surface area contributed by atoms with E-state index in [2.05, 4.69) is 21.3 Å².